The summed E-state index contributed by atoms with van der Waals surface area (Å²) >= 11 is 0. The first kappa shape index (κ1) is 12.5. The molecule has 0 aliphatic rings. The maximum Gasteiger partial charge on any atom is 0.245 e. The van der Waals surface area contributed by atoms with Gasteiger partial charge in [-0.25, -0.2) is 4.39 Å². The van der Waals surface area contributed by atoms with E-state index in [2.05, 4.69) is 10.5 Å². The second kappa shape index (κ2) is 6.14. The van der Waals surface area contributed by atoms with Crippen molar-refractivity contribution in [3.05, 3.63) is 29.8 Å². The lowest BCUT2D eigenvalue weighted by molar-refractivity contribution is -0.126. The van der Waals surface area contributed by atoms with Crippen LogP contribution >= 0.6 is 0 Å². The first-order valence-corrected chi connectivity index (χ1v) is 4.90. The summed E-state index contributed by atoms with van der Waals surface area (Å²) < 4.78 is 12.6. The first-order valence-electron chi connectivity index (χ1n) is 4.90. The van der Waals surface area contributed by atoms with Gasteiger partial charge in [-0.15, -0.1) is 0 Å². The van der Waals surface area contributed by atoms with Crippen LogP contribution in [0.5, 0.6) is 0 Å². The Bertz CT molecular complexity index is 342. The SMILES string of the molecule is CCC(NOCC(N)=O)c1ccc(F)cn1. The molecule has 0 fully saturated rings. The van der Waals surface area contributed by atoms with Gasteiger partial charge in [-0.05, 0) is 18.6 Å². The van der Waals surface area contributed by atoms with Crippen molar-refractivity contribution < 1.29 is 14.0 Å². The van der Waals surface area contributed by atoms with E-state index >= 15 is 0 Å². The van der Waals surface area contributed by atoms with Crippen molar-refractivity contribution in [2.75, 3.05) is 6.61 Å². The molecule has 0 radical (unpaired) electrons. The summed E-state index contributed by atoms with van der Waals surface area (Å²) in [5.41, 5.74) is 8.21. The van der Waals surface area contributed by atoms with Crippen molar-refractivity contribution in [1.29, 1.82) is 0 Å². The number of amides is 1. The van der Waals surface area contributed by atoms with Gasteiger partial charge in [-0.3, -0.25) is 14.6 Å². The van der Waals surface area contributed by atoms with Crippen LogP contribution in [0.2, 0.25) is 0 Å². The lowest BCUT2D eigenvalue weighted by Crippen LogP contribution is -2.28. The quantitative estimate of drug-likeness (QED) is 0.700. The fraction of sp³-hybridized carbons (Fsp3) is 0.400. The van der Waals surface area contributed by atoms with Crippen LogP contribution < -0.4 is 11.2 Å². The molecule has 0 saturated heterocycles. The number of nitrogens with zero attached hydrogens (tertiary/aromatic N) is 1. The number of carbonyl (C=O) groups is 1. The van der Waals surface area contributed by atoms with E-state index in [1.807, 2.05) is 6.92 Å². The van der Waals surface area contributed by atoms with Crippen LogP contribution in [0, 0.1) is 5.82 Å². The number of nitrogens with two attached hydrogens (primary N) is 1. The zero-order valence-electron chi connectivity index (χ0n) is 8.94. The largest absolute Gasteiger partial charge is 0.368 e. The minimum absolute atomic E-state index is 0.194. The molecule has 0 saturated carbocycles. The maximum atomic E-state index is 12.6. The number of halogens is 1. The summed E-state index contributed by atoms with van der Waals surface area (Å²) in [6.45, 7) is 1.70. The Labute approximate surface area is 92.8 Å². The highest BCUT2D eigenvalue weighted by Crippen LogP contribution is 2.13. The number of primary amides is 1. The Kier molecular flexibility index (Phi) is 4.81. The minimum Gasteiger partial charge on any atom is -0.368 e. The van der Waals surface area contributed by atoms with Gasteiger partial charge in [0, 0.05) is 0 Å². The Morgan fingerprint density at radius 1 is 1.69 bits per heavy atom. The van der Waals surface area contributed by atoms with Crippen molar-refractivity contribution in [2.45, 2.75) is 19.4 Å². The topological polar surface area (TPSA) is 77.2 Å². The van der Waals surface area contributed by atoms with Crippen LogP contribution in [0.15, 0.2) is 18.3 Å². The van der Waals surface area contributed by atoms with Crippen LogP contribution in [0.25, 0.3) is 0 Å². The van der Waals surface area contributed by atoms with Gasteiger partial charge in [0.05, 0.1) is 17.9 Å². The average molecular weight is 227 g/mol. The van der Waals surface area contributed by atoms with Gasteiger partial charge in [0.1, 0.15) is 12.4 Å². The molecule has 0 aromatic carbocycles. The van der Waals surface area contributed by atoms with E-state index in [-0.39, 0.29) is 12.6 Å². The van der Waals surface area contributed by atoms with E-state index in [4.69, 9.17) is 10.6 Å². The molecule has 0 aliphatic heterocycles. The van der Waals surface area contributed by atoms with Crippen LogP contribution in [0.4, 0.5) is 4.39 Å². The van der Waals surface area contributed by atoms with E-state index in [1.165, 1.54) is 6.07 Å². The fourth-order valence-electron chi connectivity index (χ4n) is 1.16. The summed E-state index contributed by atoms with van der Waals surface area (Å²) in [6.07, 6.45) is 1.82. The van der Waals surface area contributed by atoms with E-state index in [1.54, 1.807) is 6.07 Å². The summed E-state index contributed by atoms with van der Waals surface area (Å²) in [6, 6.07) is 2.69. The standard InChI is InChI=1S/C10H14FN3O2/c1-2-8(14-16-6-10(12)15)9-4-3-7(11)5-13-9/h3-5,8,14H,2,6H2,1H3,(H2,12,15). The number of aromatic nitrogens is 1. The number of hydroxylamine groups is 1. The van der Waals surface area contributed by atoms with Crippen molar-refractivity contribution in [1.82, 2.24) is 10.5 Å². The monoisotopic (exact) mass is 227 g/mol. The molecule has 1 heterocycles. The predicted molar refractivity (Wildman–Crippen MR) is 55.5 cm³/mol. The highest BCUT2D eigenvalue weighted by Gasteiger charge is 2.10. The lowest BCUT2D eigenvalue weighted by Gasteiger charge is -2.15. The van der Waals surface area contributed by atoms with Crippen molar-refractivity contribution in [2.24, 2.45) is 5.73 Å². The second-order valence-corrected chi connectivity index (χ2v) is 3.23. The highest BCUT2D eigenvalue weighted by molar-refractivity contribution is 5.74. The normalized spacial score (nSPS) is 12.4. The van der Waals surface area contributed by atoms with Gasteiger partial charge in [0.15, 0.2) is 0 Å². The zero-order valence-corrected chi connectivity index (χ0v) is 8.94. The number of hydrogen-bond acceptors (Lipinski definition) is 4. The van der Waals surface area contributed by atoms with Gasteiger partial charge in [0.25, 0.3) is 0 Å². The lowest BCUT2D eigenvalue weighted by atomic mass is 10.1. The number of carbonyl (C=O) groups excluding carboxylic acids is 1. The van der Waals surface area contributed by atoms with E-state index in [9.17, 15) is 9.18 Å². The summed E-state index contributed by atoms with van der Waals surface area (Å²) in [5.74, 6) is -0.953. The molecule has 1 aromatic heterocycles. The van der Waals surface area contributed by atoms with Gasteiger partial charge in [-0.2, -0.15) is 5.48 Å². The molecule has 1 rings (SSSR count). The molecule has 1 atom stereocenters. The Morgan fingerprint density at radius 3 is 2.94 bits per heavy atom. The van der Waals surface area contributed by atoms with Crippen LogP contribution in [0.1, 0.15) is 25.1 Å². The zero-order chi connectivity index (χ0) is 12.0. The molecule has 0 bridgehead atoms. The molecule has 1 amide bonds. The Morgan fingerprint density at radius 2 is 2.44 bits per heavy atom. The number of hydrogen-bond donors (Lipinski definition) is 2. The Balaban J connectivity index is 2.53. The average Bonchev–Trinajstić information content (AvgIpc) is 2.26. The molecule has 16 heavy (non-hydrogen) atoms. The van der Waals surface area contributed by atoms with E-state index < -0.39 is 11.7 Å². The van der Waals surface area contributed by atoms with Crippen molar-refractivity contribution >= 4 is 5.91 Å². The summed E-state index contributed by atoms with van der Waals surface area (Å²) in [5, 5.41) is 0. The fourth-order valence-corrected chi connectivity index (χ4v) is 1.16. The van der Waals surface area contributed by atoms with Gasteiger partial charge >= 0.3 is 0 Å². The van der Waals surface area contributed by atoms with Crippen LogP contribution in [0.3, 0.4) is 0 Å². The minimum atomic E-state index is -0.561. The first-order chi connectivity index (χ1) is 7.63. The van der Waals surface area contributed by atoms with Crippen molar-refractivity contribution in [3.63, 3.8) is 0 Å². The number of rotatable bonds is 6. The molecule has 0 aliphatic carbocycles. The molecule has 5 nitrogen and oxygen atoms in total. The molecule has 6 heteroatoms. The second-order valence-electron chi connectivity index (χ2n) is 3.23. The highest BCUT2D eigenvalue weighted by atomic mass is 19.1. The summed E-state index contributed by atoms with van der Waals surface area (Å²) in [7, 11) is 0. The maximum absolute atomic E-state index is 12.6. The predicted octanol–water partition coefficient (Wildman–Crippen LogP) is 0.678. The molecule has 0 spiro atoms. The molecular weight excluding hydrogens is 213 g/mol. The summed E-state index contributed by atoms with van der Waals surface area (Å²) in [4.78, 5) is 19.2. The smallest absolute Gasteiger partial charge is 0.245 e. The van der Waals surface area contributed by atoms with Crippen LogP contribution in [-0.2, 0) is 9.63 Å². The Hall–Kier alpha value is -1.53. The number of pyridine rings is 1. The van der Waals surface area contributed by atoms with Gasteiger partial charge in [-0.1, -0.05) is 6.92 Å². The third-order valence-corrected chi connectivity index (χ3v) is 1.96. The number of nitrogens with one attached hydrogen (secondary N) is 1. The van der Waals surface area contributed by atoms with Gasteiger partial charge < -0.3 is 5.73 Å². The van der Waals surface area contributed by atoms with E-state index in [0.29, 0.717) is 12.1 Å². The van der Waals surface area contributed by atoms with Crippen molar-refractivity contribution in [3.8, 4) is 0 Å². The molecule has 88 valence electrons. The molecule has 1 unspecified atom stereocenters. The third-order valence-electron chi connectivity index (χ3n) is 1.96. The van der Waals surface area contributed by atoms with Crippen LogP contribution in [-0.4, -0.2) is 17.5 Å². The third kappa shape index (κ3) is 3.92. The molecule has 3 N–H and O–H groups in total. The van der Waals surface area contributed by atoms with E-state index in [0.717, 1.165) is 6.20 Å². The van der Waals surface area contributed by atoms with Gasteiger partial charge in [0.2, 0.25) is 5.91 Å². The molecule has 1 aromatic rings. The molecular formula is C10H14FN3O2.